The molecule has 2 heterocycles. The Morgan fingerprint density at radius 3 is 1.59 bits per heavy atom. The number of amides is 1. The number of hydrogen-bond donors (Lipinski definition) is 1. The zero-order valence-corrected chi connectivity index (χ0v) is 44.5. The van der Waals surface area contributed by atoms with Gasteiger partial charge < -0.3 is 43.2 Å². The summed E-state index contributed by atoms with van der Waals surface area (Å²) in [6, 6.07) is 0. The van der Waals surface area contributed by atoms with Gasteiger partial charge in [-0.05, 0) is 58.3 Å². The summed E-state index contributed by atoms with van der Waals surface area (Å²) in [4.78, 5) is 81.1. The summed E-state index contributed by atoms with van der Waals surface area (Å²) in [6.45, 7) is 10.5. The fourth-order valence-corrected chi connectivity index (χ4v) is 8.94. The highest BCUT2D eigenvalue weighted by Gasteiger charge is 2.41. The smallest absolute Gasteiger partial charge is 0.410 e. The van der Waals surface area contributed by atoms with Crippen LogP contribution in [-0.2, 0) is 57.1 Å². The number of hydrogen-bond acceptors (Lipinski definition) is 14. The predicted octanol–water partition coefficient (Wildman–Crippen LogP) is 11.7. The maximum absolute atomic E-state index is 13.8. The van der Waals surface area contributed by atoms with Crippen molar-refractivity contribution in [1.29, 1.82) is 0 Å². The van der Waals surface area contributed by atoms with E-state index in [1.165, 1.54) is 49.8 Å². The van der Waals surface area contributed by atoms with E-state index in [1.54, 1.807) is 20.8 Å². The molecule has 0 spiro atoms. The van der Waals surface area contributed by atoms with Crippen molar-refractivity contribution in [3.05, 3.63) is 0 Å². The van der Waals surface area contributed by atoms with Gasteiger partial charge >= 0.3 is 35.9 Å². The summed E-state index contributed by atoms with van der Waals surface area (Å²) in [5.74, 6) is -4.81. The molecule has 70 heavy (non-hydrogen) atoms. The van der Waals surface area contributed by atoms with Gasteiger partial charge in [-0.15, -0.1) is 0 Å². The third kappa shape index (κ3) is 33.2. The third-order valence-corrected chi connectivity index (χ3v) is 13.0. The quantitative estimate of drug-likeness (QED) is 0.0556. The van der Waals surface area contributed by atoms with E-state index in [1.807, 2.05) is 0 Å². The standard InChI is InChI=1S/C55H97NO14/c1-6-8-10-12-23-27-31-64-48(57)35-44-36-49(58)65-33-29-25-21-19-17-15-14-16-18-20-22-26-30-34-67-51(60)38-45(37-50(59)66-32-28-24-13-11-9-7-2)40-53(62)69-47-42-56(54(63)70-55(3,4)5)41-46(47)43-68-52(61)39-44/h44-47,50,59H,6-43H2,1-5H3/t44?,45?,46-,47+,50?/m1/s1. The first-order valence-corrected chi connectivity index (χ1v) is 27.8. The fraction of sp³-hybridized carbons (Fsp3) is 0.891. The highest BCUT2D eigenvalue weighted by atomic mass is 16.6. The van der Waals surface area contributed by atoms with Crippen LogP contribution in [0.25, 0.3) is 0 Å². The van der Waals surface area contributed by atoms with Crippen LogP contribution in [0.4, 0.5) is 4.79 Å². The summed E-state index contributed by atoms with van der Waals surface area (Å²) in [6.07, 6.45) is 22.7. The Kier molecular flexibility index (Phi) is 35.0. The van der Waals surface area contributed by atoms with Gasteiger partial charge in [0.25, 0.3) is 0 Å². The maximum Gasteiger partial charge on any atom is 0.410 e. The van der Waals surface area contributed by atoms with Crippen LogP contribution in [0.15, 0.2) is 0 Å². The number of likely N-dealkylation sites (tertiary alicyclic amines) is 1. The van der Waals surface area contributed by atoms with Crippen molar-refractivity contribution in [3.8, 4) is 0 Å². The molecule has 0 radical (unpaired) electrons. The first-order chi connectivity index (χ1) is 33.7. The number of carbonyl (C=O) groups excluding carboxylic acids is 6. The number of fused-ring (bicyclic) bond motifs is 1. The van der Waals surface area contributed by atoms with E-state index in [4.69, 9.17) is 33.2 Å². The minimum atomic E-state index is -1.20. The van der Waals surface area contributed by atoms with Crippen molar-refractivity contribution in [2.75, 3.05) is 46.1 Å². The molecule has 0 aromatic carbocycles. The number of aliphatic hydroxyl groups is 1. The van der Waals surface area contributed by atoms with Gasteiger partial charge in [0.2, 0.25) is 0 Å². The lowest BCUT2D eigenvalue weighted by Gasteiger charge is -2.24. The minimum Gasteiger partial charge on any atom is -0.466 e. The molecule has 2 saturated heterocycles. The lowest BCUT2D eigenvalue weighted by Crippen LogP contribution is -2.36. The van der Waals surface area contributed by atoms with Crippen molar-refractivity contribution in [3.63, 3.8) is 0 Å². The Morgan fingerprint density at radius 1 is 0.600 bits per heavy atom. The summed E-state index contributed by atoms with van der Waals surface area (Å²) < 4.78 is 39.8. The van der Waals surface area contributed by atoms with Gasteiger partial charge in [-0.2, -0.15) is 0 Å². The SMILES string of the molecule is CCCCCCCCOC(=O)CC1CC(=O)OCCCCCCCCCCCCCCCOC(=O)CC(CC(O)OCCCCCCCC)CC(=O)O[C@H]2CN(C(=O)OC(C)(C)C)C[C@@H]2COC(=O)C1. The molecule has 2 aliphatic heterocycles. The monoisotopic (exact) mass is 996 g/mol. The predicted molar refractivity (Wildman–Crippen MR) is 268 cm³/mol. The number of rotatable bonds is 19. The summed E-state index contributed by atoms with van der Waals surface area (Å²) in [7, 11) is 0. The summed E-state index contributed by atoms with van der Waals surface area (Å²) >= 11 is 0. The van der Waals surface area contributed by atoms with Gasteiger partial charge in [-0.3, -0.25) is 24.0 Å². The molecular weight excluding hydrogens is 899 g/mol. The highest BCUT2D eigenvalue weighted by Crippen LogP contribution is 2.27. The number of carbonyl (C=O) groups is 6. The zero-order valence-electron chi connectivity index (χ0n) is 44.5. The van der Waals surface area contributed by atoms with Crippen molar-refractivity contribution < 1.29 is 67.0 Å². The number of nitrogens with zero attached hydrogens (tertiary/aromatic N) is 1. The molecule has 2 fully saturated rings. The molecular formula is C55H97NO14. The van der Waals surface area contributed by atoms with E-state index in [0.29, 0.717) is 6.61 Å². The van der Waals surface area contributed by atoms with Crippen LogP contribution < -0.4 is 0 Å². The van der Waals surface area contributed by atoms with Crippen molar-refractivity contribution >= 4 is 35.9 Å². The van der Waals surface area contributed by atoms with Gasteiger partial charge in [-0.1, -0.05) is 149 Å². The molecule has 0 aromatic rings. The Hall–Kier alpha value is -3.46. The van der Waals surface area contributed by atoms with E-state index in [9.17, 15) is 33.9 Å². The largest absolute Gasteiger partial charge is 0.466 e. The molecule has 1 N–H and O–H groups in total. The molecule has 2 rings (SSSR count). The van der Waals surface area contributed by atoms with E-state index < -0.39 is 71.7 Å². The summed E-state index contributed by atoms with van der Waals surface area (Å²) in [5, 5.41) is 10.9. The lowest BCUT2D eigenvalue weighted by molar-refractivity contribution is -0.156. The average Bonchev–Trinajstić information content (AvgIpc) is 3.70. The van der Waals surface area contributed by atoms with Crippen molar-refractivity contribution in [2.24, 2.45) is 17.8 Å². The molecule has 0 aromatic heterocycles. The van der Waals surface area contributed by atoms with E-state index >= 15 is 0 Å². The van der Waals surface area contributed by atoms with Gasteiger partial charge in [0.05, 0.1) is 33.0 Å². The van der Waals surface area contributed by atoms with Crippen LogP contribution in [0, 0.1) is 17.8 Å². The second-order valence-corrected chi connectivity index (χ2v) is 21.0. The zero-order chi connectivity index (χ0) is 51.2. The molecule has 15 nitrogen and oxygen atoms in total. The van der Waals surface area contributed by atoms with E-state index in [2.05, 4.69) is 13.8 Å². The number of aliphatic hydroxyl groups excluding tert-OH is 1. The van der Waals surface area contributed by atoms with E-state index in [-0.39, 0.29) is 78.0 Å². The van der Waals surface area contributed by atoms with Gasteiger partial charge in [0, 0.05) is 57.6 Å². The van der Waals surface area contributed by atoms with Gasteiger partial charge in [0.1, 0.15) is 11.7 Å². The molecule has 0 aliphatic carbocycles. The van der Waals surface area contributed by atoms with Crippen molar-refractivity contribution in [1.82, 2.24) is 4.90 Å². The Labute approximate surface area is 422 Å². The van der Waals surface area contributed by atoms with Crippen LogP contribution in [0.3, 0.4) is 0 Å². The van der Waals surface area contributed by atoms with Crippen LogP contribution in [0.2, 0.25) is 0 Å². The van der Waals surface area contributed by atoms with Crippen LogP contribution in [0.5, 0.6) is 0 Å². The molecule has 5 atom stereocenters. The number of unbranched alkanes of at least 4 members (excludes halogenated alkanes) is 10. The maximum atomic E-state index is 13.8. The van der Waals surface area contributed by atoms with E-state index in [0.717, 1.165) is 116 Å². The van der Waals surface area contributed by atoms with Crippen LogP contribution in [0.1, 0.15) is 234 Å². The number of esters is 5. The normalized spacial score (nSPS) is 22.7. The fourth-order valence-electron chi connectivity index (χ4n) is 8.94. The third-order valence-electron chi connectivity index (χ3n) is 13.0. The Morgan fingerprint density at radius 2 is 1.06 bits per heavy atom. The second kappa shape index (κ2) is 39.1. The minimum absolute atomic E-state index is 0.0110. The molecule has 3 unspecified atom stereocenters. The van der Waals surface area contributed by atoms with Crippen molar-refractivity contribution in [2.45, 2.75) is 252 Å². The topological polar surface area (TPSA) is 190 Å². The molecule has 0 bridgehead atoms. The summed E-state index contributed by atoms with van der Waals surface area (Å²) in [5.41, 5.74) is -0.800. The van der Waals surface area contributed by atoms with Crippen LogP contribution in [-0.4, -0.2) is 110 Å². The molecule has 406 valence electrons. The molecule has 2 aliphatic rings. The van der Waals surface area contributed by atoms with Gasteiger partial charge in [0.15, 0.2) is 6.29 Å². The molecule has 0 saturated carbocycles. The highest BCUT2D eigenvalue weighted by molar-refractivity contribution is 5.77. The number of cyclic esters (lactones) is 3. The molecule has 15 heteroatoms. The molecule has 1 amide bonds. The first-order valence-electron chi connectivity index (χ1n) is 27.8. The Bertz CT molecular complexity index is 1430. The van der Waals surface area contributed by atoms with Gasteiger partial charge in [-0.25, -0.2) is 4.79 Å². The number of ether oxygens (including phenoxy) is 7. The lowest BCUT2D eigenvalue weighted by atomic mass is 9.97. The first kappa shape index (κ1) is 62.7. The second-order valence-electron chi connectivity index (χ2n) is 21.0. The average molecular weight is 996 g/mol. The van der Waals surface area contributed by atoms with Crippen LogP contribution >= 0.6 is 0 Å². The Balaban J connectivity index is 2.22.